The first-order valence-corrected chi connectivity index (χ1v) is 9.43. The fraction of sp³-hybridized carbons (Fsp3) is 0.300. The van der Waals surface area contributed by atoms with Gasteiger partial charge in [0.05, 0.1) is 11.6 Å². The Kier molecular flexibility index (Phi) is 5.22. The molecule has 2 aromatic heterocycles. The number of nitrogens with zero attached hydrogens (tertiary/aromatic N) is 5. The maximum absolute atomic E-state index is 13.3. The summed E-state index contributed by atoms with van der Waals surface area (Å²) in [5.74, 6) is -0.772. The van der Waals surface area contributed by atoms with Crippen molar-refractivity contribution in [1.82, 2.24) is 24.6 Å². The van der Waals surface area contributed by atoms with E-state index in [1.54, 1.807) is 34.7 Å². The molecular weight excluding hydrogens is 375 g/mol. The molecule has 9 heteroatoms. The van der Waals surface area contributed by atoms with E-state index >= 15 is 0 Å². The minimum atomic E-state index is -0.399. The van der Waals surface area contributed by atoms with Crippen molar-refractivity contribution in [3.05, 3.63) is 60.2 Å². The molecule has 1 saturated heterocycles. The van der Waals surface area contributed by atoms with Crippen molar-refractivity contribution in [2.75, 3.05) is 31.5 Å². The number of piperazine rings is 1. The maximum Gasteiger partial charge on any atom is 0.276 e. The fourth-order valence-electron chi connectivity index (χ4n) is 3.44. The number of carbonyl (C=O) groups is 2. The van der Waals surface area contributed by atoms with E-state index in [2.05, 4.69) is 15.6 Å². The van der Waals surface area contributed by atoms with Crippen LogP contribution in [0.4, 0.5) is 10.1 Å². The van der Waals surface area contributed by atoms with Gasteiger partial charge in [-0.15, -0.1) is 5.10 Å². The molecule has 0 radical (unpaired) electrons. The second-order valence-electron chi connectivity index (χ2n) is 6.97. The van der Waals surface area contributed by atoms with Crippen molar-refractivity contribution in [3.63, 3.8) is 0 Å². The highest BCUT2D eigenvalue weighted by atomic mass is 19.1. The zero-order valence-corrected chi connectivity index (χ0v) is 16.0. The Labute approximate surface area is 166 Å². The number of halogens is 1. The molecule has 3 aromatic rings. The molecule has 1 aromatic carbocycles. The van der Waals surface area contributed by atoms with Gasteiger partial charge in [0.15, 0.2) is 5.69 Å². The van der Waals surface area contributed by atoms with Crippen LogP contribution in [-0.2, 0) is 4.79 Å². The highest BCUT2D eigenvalue weighted by molar-refractivity contribution is 5.98. The number of fused-ring (bicyclic) bond motifs is 1. The molecule has 29 heavy (non-hydrogen) atoms. The molecule has 1 fully saturated rings. The van der Waals surface area contributed by atoms with Crippen LogP contribution in [0, 0.1) is 5.82 Å². The molecule has 4 rings (SSSR count). The van der Waals surface area contributed by atoms with E-state index in [0.717, 1.165) is 0 Å². The molecule has 0 saturated carbocycles. The van der Waals surface area contributed by atoms with Gasteiger partial charge in [-0.3, -0.25) is 14.5 Å². The molecular formula is C20H21FN6O2. The first-order chi connectivity index (χ1) is 14.0. The Morgan fingerprint density at radius 1 is 1.10 bits per heavy atom. The predicted molar refractivity (Wildman–Crippen MR) is 105 cm³/mol. The summed E-state index contributed by atoms with van der Waals surface area (Å²) in [7, 11) is 0. The number of benzene rings is 1. The van der Waals surface area contributed by atoms with E-state index in [1.165, 1.54) is 12.1 Å². The summed E-state index contributed by atoms with van der Waals surface area (Å²) in [6.07, 6.45) is 1.75. The molecule has 0 spiro atoms. The molecule has 0 aliphatic carbocycles. The molecule has 1 aliphatic rings. The third kappa shape index (κ3) is 3.95. The van der Waals surface area contributed by atoms with Gasteiger partial charge < -0.3 is 10.2 Å². The number of hydrogen-bond donors (Lipinski definition) is 1. The summed E-state index contributed by atoms with van der Waals surface area (Å²) in [6.45, 7) is 3.90. The van der Waals surface area contributed by atoms with Gasteiger partial charge in [-0.05, 0) is 37.3 Å². The molecule has 2 amide bonds. The summed E-state index contributed by atoms with van der Waals surface area (Å²) in [5.41, 5.74) is 1.42. The van der Waals surface area contributed by atoms with Crippen LogP contribution in [0.25, 0.3) is 5.52 Å². The summed E-state index contributed by atoms with van der Waals surface area (Å²) in [6, 6.07) is 10.9. The van der Waals surface area contributed by atoms with Gasteiger partial charge in [0.25, 0.3) is 5.91 Å². The van der Waals surface area contributed by atoms with E-state index in [-0.39, 0.29) is 11.8 Å². The minimum absolute atomic E-state index is 0.164. The Morgan fingerprint density at radius 3 is 2.66 bits per heavy atom. The lowest BCUT2D eigenvalue weighted by Crippen LogP contribution is -2.54. The topological polar surface area (TPSA) is 82.8 Å². The van der Waals surface area contributed by atoms with Gasteiger partial charge in [-0.1, -0.05) is 17.3 Å². The molecule has 8 nitrogen and oxygen atoms in total. The summed E-state index contributed by atoms with van der Waals surface area (Å²) in [4.78, 5) is 29.1. The summed E-state index contributed by atoms with van der Waals surface area (Å²) in [5, 5.41) is 10.7. The third-order valence-electron chi connectivity index (χ3n) is 5.15. The maximum atomic E-state index is 13.3. The second kappa shape index (κ2) is 7.96. The Balaban J connectivity index is 1.36. The smallest absolute Gasteiger partial charge is 0.276 e. The quantitative estimate of drug-likeness (QED) is 0.725. The van der Waals surface area contributed by atoms with Gasteiger partial charge >= 0.3 is 0 Å². The fourth-order valence-corrected chi connectivity index (χ4v) is 3.44. The van der Waals surface area contributed by atoms with Crippen LogP contribution in [-0.4, -0.2) is 68.7 Å². The number of aromatic nitrogens is 3. The zero-order valence-electron chi connectivity index (χ0n) is 16.0. The van der Waals surface area contributed by atoms with Crippen LogP contribution < -0.4 is 5.32 Å². The largest absolute Gasteiger partial charge is 0.335 e. The summed E-state index contributed by atoms with van der Waals surface area (Å²) < 4.78 is 14.9. The van der Waals surface area contributed by atoms with E-state index in [1.807, 2.05) is 23.1 Å². The van der Waals surface area contributed by atoms with Crippen LogP contribution in [0.5, 0.6) is 0 Å². The van der Waals surface area contributed by atoms with E-state index in [0.29, 0.717) is 43.1 Å². The van der Waals surface area contributed by atoms with Crippen LogP contribution in [0.1, 0.15) is 17.4 Å². The number of carbonyl (C=O) groups excluding carboxylic acids is 2. The Hall–Kier alpha value is -3.33. The van der Waals surface area contributed by atoms with E-state index in [9.17, 15) is 14.0 Å². The lowest BCUT2D eigenvalue weighted by atomic mass is 10.2. The van der Waals surface area contributed by atoms with Crippen molar-refractivity contribution in [2.45, 2.75) is 13.0 Å². The Bertz CT molecular complexity index is 1040. The number of pyridine rings is 1. The minimum Gasteiger partial charge on any atom is -0.335 e. The standard InChI is InChI=1S/C20H21FN6O2/c1-14(19(28)22-16-6-4-5-15(21)13-16)25-9-11-26(12-10-25)20(29)18-17-7-2-3-8-27(17)24-23-18/h2-8,13-14H,9-12H2,1H3,(H,22,28). The monoisotopic (exact) mass is 396 g/mol. The third-order valence-corrected chi connectivity index (χ3v) is 5.15. The molecule has 1 atom stereocenters. The zero-order chi connectivity index (χ0) is 20.4. The first kappa shape index (κ1) is 19.0. The second-order valence-corrected chi connectivity index (χ2v) is 6.97. The van der Waals surface area contributed by atoms with Crippen molar-refractivity contribution >= 4 is 23.0 Å². The van der Waals surface area contributed by atoms with Gasteiger partial charge in [0, 0.05) is 38.1 Å². The molecule has 1 unspecified atom stereocenters. The highest BCUT2D eigenvalue weighted by Gasteiger charge is 2.29. The van der Waals surface area contributed by atoms with Gasteiger partial charge in [-0.2, -0.15) is 0 Å². The first-order valence-electron chi connectivity index (χ1n) is 9.43. The predicted octanol–water partition coefficient (Wildman–Crippen LogP) is 1.65. The lowest BCUT2D eigenvalue weighted by molar-refractivity contribution is -0.121. The van der Waals surface area contributed by atoms with Crippen molar-refractivity contribution in [3.8, 4) is 0 Å². The lowest BCUT2D eigenvalue weighted by Gasteiger charge is -2.37. The van der Waals surface area contributed by atoms with Crippen LogP contribution in [0.2, 0.25) is 0 Å². The van der Waals surface area contributed by atoms with Crippen LogP contribution >= 0.6 is 0 Å². The van der Waals surface area contributed by atoms with Crippen LogP contribution in [0.3, 0.4) is 0 Å². The van der Waals surface area contributed by atoms with E-state index < -0.39 is 11.9 Å². The number of hydrogen-bond acceptors (Lipinski definition) is 5. The Morgan fingerprint density at radius 2 is 1.90 bits per heavy atom. The normalized spacial score (nSPS) is 16.0. The van der Waals surface area contributed by atoms with Crippen LogP contribution in [0.15, 0.2) is 48.7 Å². The SMILES string of the molecule is CC(C(=O)Nc1cccc(F)c1)N1CCN(C(=O)c2nnn3ccccc23)CC1. The number of anilines is 1. The van der Waals surface area contributed by atoms with Gasteiger partial charge in [0.1, 0.15) is 5.82 Å². The molecule has 1 aliphatic heterocycles. The van der Waals surface area contributed by atoms with Crippen molar-refractivity contribution in [1.29, 1.82) is 0 Å². The van der Waals surface area contributed by atoms with E-state index in [4.69, 9.17) is 0 Å². The van der Waals surface area contributed by atoms with Crippen molar-refractivity contribution in [2.24, 2.45) is 0 Å². The number of amides is 2. The average Bonchev–Trinajstić information content (AvgIpc) is 3.17. The highest BCUT2D eigenvalue weighted by Crippen LogP contribution is 2.15. The van der Waals surface area contributed by atoms with Crippen molar-refractivity contribution < 1.29 is 14.0 Å². The van der Waals surface area contributed by atoms with Gasteiger partial charge in [0.2, 0.25) is 5.91 Å². The number of nitrogens with one attached hydrogen (secondary N) is 1. The van der Waals surface area contributed by atoms with Gasteiger partial charge in [-0.25, -0.2) is 8.91 Å². The average molecular weight is 396 g/mol. The molecule has 3 heterocycles. The molecule has 1 N–H and O–H groups in total. The number of rotatable bonds is 4. The molecule has 150 valence electrons. The molecule has 0 bridgehead atoms. The summed E-state index contributed by atoms with van der Waals surface area (Å²) >= 11 is 0.